The summed E-state index contributed by atoms with van der Waals surface area (Å²) in [7, 11) is -0.874. The molecular weight excluding hydrogens is 314 g/mol. The van der Waals surface area contributed by atoms with Crippen molar-refractivity contribution in [1.82, 2.24) is 0 Å². The van der Waals surface area contributed by atoms with E-state index in [2.05, 4.69) is 4.72 Å². The third kappa shape index (κ3) is 3.59. The second-order valence-corrected chi connectivity index (χ2v) is 6.74. The average molecular weight is 335 g/mol. The topological polar surface area (TPSA) is 64.6 Å². The zero-order chi connectivity index (χ0) is 17.0. The Morgan fingerprint density at radius 1 is 1.09 bits per heavy atom. The normalized spacial score (nSPS) is 11.1. The molecule has 0 aliphatic heterocycles. The minimum absolute atomic E-state index is 0.0460. The number of para-hydroxylation sites is 1. The maximum atomic E-state index is 12.8. The van der Waals surface area contributed by atoms with Crippen molar-refractivity contribution in [2.45, 2.75) is 25.2 Å². The van der Waals surface area contributed by atoms with Crippen molar-refractivity contribution in [3.8, 4) is 11.5 Å². The van der Waals surface area contributed by atoms with E-state index in [9.17, 15) is 8.42 Å². The summed E-state index contributed by atoms with van der Waals surface area (Å²) in [6, 6.07) is 10.4. The number of hydrogen-bond donors (Lipinski definition) is 1. The van der Waals surface area contributed by atoms with Gasteiger partial charge in [0, 0.05) is 6.07 Å². The fraction of sp³-hybridized carbons (Fsp3) is 0.294. The van der Waals surface area contributed by atoms with Crippen molar-refractivity contribution in [3.63, 3.8) is 0 Å². The molecule has 2 aromatic carbocycles. The quantitative estimate of drug-likeness (QED) is 0.879. The van der Waals surface area contributed by atoms with Gasteiger partial charge in [-0.15, -0.1) is 0 Å². The maximum absolute atomic E-state index is 12.8. The van der Waals surface area contributed by atoms with Crippen LogP contribution in [0.5, 0.6) is 11.5 Å². The van der Waals surface area contributed by atoms with Crippen molar-refractivity contribution in [2.75, 3.05) is 18.9 Å². The molecule has 1 N–H and O–H groups in total. The Balaban J connectivity index is 2.52. The SMILES string of the molecule is CCc1cccc(C)c1NS(=O)(=O)c1cc(OC)ccc1OC. The average Bonchev–Trinajstić information content (AvgIpc) is 2.55. The molecule has 0 aliphatic rings. The number of methoxy groups -OCH3 is 2. The summed E-state index contributed by atoms with van der Waals surface area (Å²) in [5.74, 6) is 0.719. The molecule has 23 heavy (non-hydrogen) atoms. The van der Waals surface area contributed by atoms with E-state index in [1.54, 1.807) is 12.1 Å². The first-order valence-corrected chi connectivity index (χ1v) is 8.74. The van der Waals surface area contributed by atoms with Crippen LogP contribution in [0.15, 0.2) is 41.3 Å². The summed E-state index contributed by atoms with van der Waals surface area (Å²) in [5.41, 5.74) is 2.42. The van der Waals surface area contributed by atoms with Crippen LogP contribution < -0.4 is 14.2 Å². The number of rotatable bonds is 6. The lowest BCUT2D eigenvalue weighted by Gasteiger charge is -2.16. The molecule has 0 spiro atoms. The third-order valence-corrected chi connectivity index (χ3v) is 5.01. The first kappa shape index (κ1) is 17.1. The minimum atomic E-state index is -3.80. The zero-order valence-corrected chi connectivity index (χ0v) is 14.5. The van der Waals surface area contributed by atoms with Crippen LogP contribution in [0.4, 0.5) is 5.69 Å². The monoisotopic (exact) mass is 335 g/mol. The first-order chi connectivity index (χ1) is 10.9. The molecule has 0 amide bonds. The van der Waals surface area contributed by atoms with Crippen molar-refractivity contribution >= 4 is 15.7 Å². The Kier molecular flexibility index (Phi) is 5.15. The highest BCUT2D eigenvalue weighted by Gasteiger charge is 2.22. The summed E-state index contributed by atoms with van der Waals surface area (Å²) in [6.07, 6.45) is 0.731. The number of benzene rings is 2. The van der Waals surface area contributed by atoms with Gasteiger partial charge in [-0.3, -0.25) is 4.72 Å². The van der Waals surface area contributed by atoms with Crippen LogP contribution in [0.1, 0.15) is 18.1 Å². The number of ether oxygens (including phenoxy) is 2. The molecule has 0 atom stereocenters. The highest BCUT2D eigenvalue weighted by molar-refractivity contribution is 7.92. The fourth-order valence-electron chi connectivity index (χ4n) is 2.35. The summed E-state index contributed by atoms with van der Waals surface area (Å²) < 4.78 is 38.6. The van der Waals surface area contributed by atoms with Crippen molar-refractivity contribution in [2.24, 2.45) is 0 Å². The lowest BCUT2D eigenvalue weighted by molar-refractivity contribution is 0.392. The van der Waals surface area contributed by atoms with Crippen LogP contribution in [-0.2, 0) is 16.4 Å². The van der Waals surface area contributed by atoms with Crippen LogP contribution in [0.3, 0.4) is 0 Å². The molecule has 0 unspecified atom stereocenters. The second-order valence-electron chi connectivity index (χ2n) is 5.08. The standard InChI is InChI=1S/C17H21NO4S/c1-5-13-8-6-7-12(2)17(13)18-23(19,20)16-11-14(21-3)9-10-15(16)22-4/h6-11,18H,5H2,1-4H3. The molecule has 0 aromatic heterocycles. The first-order valence-electron chi connectivity index (χ1n) is 7.26. The van der Waals surface area contributed by atoms with Gasteiger partial charge < -0.3 is 9.47 Å². The Hall–Kier alpha value is -2.21. The van der Waals surface area contributed by atoms with Gasteiger partial charge in [0.25, 0.3) is 10.0 Å². The largest absolute Gasteiger partial charge is 0.497 e. The van der Waals surface area contributed by atoms with Gasteiger partial charge in [0.15, 0.2) is 0 Å². The molecule has 0 fully saturated rings. The molecule has 5 nitrogen and oxygen atoms in total. The van der Waals surface area contributed by atoms with Gasteiger partial charge in [-0.2, -0.15) is 0 Å². The van der Waals surface area contributed by atoms with Gasteiger partial charge in [0.2, 0.25) is 0 Å². The summed E-state index contributed by atoms with van der Waals surface area (Å²) in [4.78, 5) is 0.0460. The van der Waals surface area contributed by atoms with E-state index in [0.717, 1.165) is 17.5 Å². The van der Waals surface area contributed by atoms with Crippen LogP contribution in [0.25, 0.3) is 0 Å². The zero-order valence-electron chi connectivity index (χ0n) is 13.7. The molecule has 124 valence electrons. The molecule has 0 saturated carbocycles. The van der Waals surface area contributed by atoms with E-state index in [0.29, 0.717) is 11.4 Å². The van der Waals surface area contributed by atoms with Crippen molar-refractivity contribution < 1.29 is 17.9 Å². The molecule has 0 saturated heterocycles. The predicted molar refractivity (Wildman–Crippen MR) is 90.9 cm³/mol. The summed E-state index contributed by atoms with van der Waals surface area (Å²) >= 11 is 0. The third-order valence-electron chi connectivity index (χ3n) is 3.64. The molecule has 6 heteroatoms. The molecule has 0 radical (unpaired) electrons. The van der Waals surface area contributed by atoms with Crippen molar-refractivity contribution in [3.05, 3.63) is 47.5 Å². The van der Waals surface area contributed by atoms with E-state index in [4.69, 9.17) is 9.47 Å². The summed E-state index contributed by atoms with van der Waals surface area (Å²) in [6.45, 7) is 3.86. The maximum Gasteiger partial charge on any atom is 0.265 e. The number of aryl methyl sites for hydroxylation is 2. The Morgan fingerprint density at radius 3 is 2.43 bits per heavy atom. The fourth-order valence-corrected chi connectivity index (χ4v) is 3.71. The lowest BCUT2D eigenvalue weighted by atomic mass is 10.1. The van der Waals surface area contributed by atoms with Crippen LogP contribution in [0, 0.1) is 6.92 Å². The highest BCUT2D eigenvalue weighted by atomic mass is 32.2. The molecule has 2 aromatic rings. The van der Waals surface area contributed by atoms with E-state index in [1.807, 2.05) is 32.0 Å². The molecule has 0 aliphatic carbocycles. The van der Waals surface area contributed by atoms with Gasteiger partial charge in [-0.05, 0) is 36.6 Å². The van der Waals surface area contributed by atoms with Gasteiger partial charge in [-0.25, -0.2) is 8.42 Å². The number of anilines is 1. The van der Waals surface area contributed by atoms with E-state index < -0.39 is 10.0 Å². The number of nitrogens with one attached hydrogen (secondary N) is 1. The Morgan fingerprint density at radius 2 is 1.83 bits per heavy atom. The predicted octanol–water partition coefficient (Wildman–Crippen LogP) is 3.38. The van der Waals surface area contributed by atoms with Crippen molar-refractivity contribution in [1.29, 1.82) is 0 Å². The minimum Gasteiger partial charge on any atom is -0.497 e. The van der Waals surface area contributed by atoms with Crippen LogP contribution >= 0.6 is 0 Å². The molecule has 0 heterocycles. The van der Waals surface area contributed by atoms with Gasteiger partial charge in [-0.1, -0.05) is 25.1 Å². The van der Waals surface area contributed by atoms with Gasteiger partial charge >= 0.3 is 0 Å². The smallest absolute Gasteiger partial charge is 0.265 e. The van der Waals surface area contributed by atoms with Gasteiger partial charge in [0.05, 0.1) is 19.9 Å². The van der Waals surface area contributed by atoms with Crippen LogP contribution in [0.2, 0.25) is 0 Å². The molecule has 2 rings (SSSR count). The number of hydrogen-bond acceptors (Lipinski definition) is 4. The molecular formula is C17H21NO4S. The van der Waals surface area contributed by atoms with Crippen LogP contribution in [-0.4, -0.2) is 22.6 Å². The van der Waals surface area contributed by atoms with Gasteiger partial charge in [0.1, 0.15) is 16.4 Å². The molecule has 0 bridgehead atoms. The Bertz CT molecular complexity index is 800. The second kappa shape index (κ2) is 6.91. The highest BCUT2D eigenvalue weighted by Crippen LogP contribution is 2.31. The van der Waals surface area contributed by atoms with E-state index in [-0.39, 0.29) is 10.6 Å². The van der Waals surface area contributed by atoms with E-state index >= 15 is 0 Å². The lowest BCUT2D eigenvalue weighted by Crippen LogP contribution is -2.16. The van der Waals surface area contributed by atoms with E-state index in [1.165, 1.54) is 20.3 Å². The summed E-state index contributed by atoms with van der Waals surface area (Å²) in [5, 5.41) is 0. The number of sulfonamides is 1. The Labute approximate surface area is 137 Å².